The summed E-state index contributed by atoms with van der Waals surface area (Å²) < 4.78 is 5.27. The van der Waals surface area contributed by atoms with Crippen LogP contribution in [-0.2, 0) is 11.3 Å². The van der Waals surface area contributed by atoms with E-state index in [-0.39, 0.29) is 29.0 Å². The molecule has 1 aromatic heterocycles. The number of hydrogen-bond donors (Lipinski definition) is 1. The van der Waals surface area contributed by atoms with Gasteiger partial charge in [-0.15, -0.1) is 11.3 Å². The Bertz CT molecular complexity index is 702. The lowest BCUT2D eigenvalue weighted by atomic mass is 10.3. The molecule has 0 aliphatic heterocycles. The summed E-state index contributed by atoms with van der Waals surface area (Å²) in [5.74, 6) is -0.0584. The van der Waals surface area contributed by atoms with Crippen LogP contribution in [0, 0.1) is 17.0 Å². The van der Waals surface area contributed by atoms with Crippen LogP contribution >= 0.6 is 22.9 Å². The van der Waals surface area contributed by atoms with Gasteiger partial charge in [-0.2, -0.15) is 0 Å². The molecular formula is C14H13ClN2O4S. The monoisotopic (exact) mass is 340 g/mol. The van der Waals surface area contributed by atoms with Gasteiger partial charge in [0, 0.05) is 17.0 Å². The van der Waals surface area contributed by atoms with Gasteiger partial charge < -0.3 is 10.1 Å². The van der Waals surface area contributed by atoms with Crippen molar-refractivity contribution in [1.82, 2.24) is 5.32 Å². The first-order valence-electron chi connectivity index (χ1n) is 6.34. The quantitative estimate of drug-likeness (QED) is 0.646. The molecule has 0 radical (unpaired) electrons. The Labute approximate surface area is 135 Å². The molecule has 0 spiro atoms. The molecule has 1 amide bonds. The standard InChI is InChI=1S/C14H13ClN2O4S/c1-9-4-5-22-13(9)7-16-14(18)8-21-12-3-2-10(17(19)20)6-11(12)15/h2-6H,7-8H2,1H3,(H,16,18). The van der Waals surface area contributed by atoms with E-state index in [0.717, 1.165) is 10.4 Å². The number of hydrogen-bond acceptors (Lipinski definition) is 5. The zero-order valence-electron chi connectivity index (χ0n) is 11.7. The Balaban J connectivity index is 1.86. The summed E-state index contributed by atoms with van der Waals surface area (Å²) in [6, 6.07) is 5.81. The molecular weight excluding hydrogens is 328 g/mol. The molecule has 0 saturated heterocycles. The van der Waals surface area contributed by atoms with Gasteiger partial charge in [0.15, 0.2) is 6.61 Å². The molecule has 0 aliphatic carbocycles. The molecule has 1 heterocycles. The molecule has 0 unspecified atom stereocenters. The number of nitro benzene ring substituents is 1. The van der Waals surface area contributed by atoms with E-state index in [9.17, 15) is 14.9 Å². The fraction of sp³-hybridized carbons (Fsp3) is 0.214. The number of ether oxygens (including phenoxy) is 1. The number of nitrogens with one attached hydrogen (secondary N) is 1. The van der Waals surface area contributed by atoms with E-state index in [0.29, 0.717) is 6.54 Å². The molecule has 116 valence electrons. The first-order chi connectivity index (χ1) is 10.5. The number of halogens is 1. The fourth-order valence-electron chi connectivity index (χ4n) is 1.68. The van der Waals surface area contributed by atoms with E-state index < -0.39 is 4.92 Å². The average molecular weight is 341 g/mol. The summed E-state index contributed by atoms with van der Waals surface area (Å²) in [5, 5.41) is 15.4. The van der Waals surface area contributed by atoms with Crippen molar-refractivity contribution in [2.75, 3.05) is 6.61 Å². The minimum Gasteiger partial charge on any atom is -0.482 e. The van der Waals surface area contributed by atoms with Crippen LogP contribution in [0.4, 0.5) is 5.69 Å². The van der Waals surface area contributed by atoms with Gasteiger partial charge in [-0.1, -0.05) is 11.6 Å². The second-order valence-electron chi connectivity index (χ2n) is 4.46. The summed E-state index contributed by atoms with van der Waals surface area (Å²) in [4.78, 5) is 22.9. The van der Waals surface area contributed by atoms with Crippen LogP contribution in [0.1, 0.15) is 10.4 Å². The van der Waals surface area contributed by atoms with Crippen LogP contribution in [0.25, 0.3) is 0 Å². The van der Waals surface area contributed by atoms with Gasteiger partial charge in [-0.25, -0.2) is 0 Å². The van der Waals surface area contributed by atoms with E-state index >= 15 is 0 Å². The number of thiophene rings is 1. The maximum atomic E-state index is 11.7. The number of nitro groups is 1. The number of carbonyl (C=O) groups excluding carboxylic acids is 1. The second kappa shape index (κ2) is 7.24. The lowest BCUT2D eigenvalue weighted by Crippen LogP contribution is -2.28. The van der Waals surface area contributed by atoms with Crippen molar-refractivity contribution >= 4 is 34.5 Å². The zero-order chi connectivity index (χ0) is 16.1. The predicted molar refractivity (Wildman–Crippen MR) is 84.5 cm³/mol. The summed E-state index contributed by atoms with van der Waals surface area (Å²) in [7, 11) is 0. The lowest BCUT2D eigenvalue weighted by molar-refractivity contribution is -0.384. The maximum Gasteiger partial charge on any atom is 0.271 e. The van der Waals surface area contributed by atoms with Crippen molar-refractivity contribution in [3.05, 3.63) is 55.2 Å². The first-order valence-corrected chi connectivity index (χ1v) is 7.59. The summed E-state index contributed by atoms with van der Waals surface area (Å²) in [6.07, 6.45) is 0. The first kappa shape index (κ1) is 16.3. The van der Waals surface area contributed by atoms with Crippen molar-refractivity contribution in [2.24, 2.45) is 0 Å². The Morgan fingerprint density at radius 3 is 2.82 bits per heavy atom. The summed E-state index contributed by atoms with van der Waals surface area (Å²) in [6.45, 7) is 2.22. The molecule has 2 aromatic rings. The van der Waals surface area contributed by atoms with Crippen molar-refractivity contribution in [3.8, 4) is 5.75 Å². The second-order valence-corrected chi connectivity index (χ2v) is 5.87. The van der Waals surface area contributed by atoms with E-state index in [4.69, 9.17) is 16.3 Å². The van der Waals surface area contributed by atoms with Crippen molar-refractivity contribution in [3.63, 3.8) is 0 Å². The van der Waals surface area contributed by atoms with Gasteiger partial charge in [0.2, 0.25) is 0 Å². The molecule has 8 heteroatoms. The van der Waals surface area contributed by atoms with Crippen molar-refractivity contribution in [1.29, 1.82) is 0 Å². The Morgan fingerprint density at radius 1 is 1.45 bits per heavy atom. The van der Waals surface area contributed by atoms with E-state index in [1.807, 2.05) is 18.4 Å². The van der Waals surface area contributed by atoms with E-state index in [2.05, 4.69) is 5.32 Å². The minimum atomic E-state index is -0.550. The van der Waals surface area contributed by atoms with Gasteiger partial charge >= 0.3 is 0 Å². The minimum absolute atomic E-state index is 0.0936. The van der Waals surface area contributed by atoms with Gasteiger partial charge in [-0.3, -0.25) is 14.9 Å². The largest absolute Gasteiger partial charge is 0.482 e. The number of carbonyl (C=O) groups is 1. The molecule has 1 N–H and O–H groups in total. The number of nitrogens with zero attached hydrogens (tertiary/aromatic N) is 1. The number of non-ortho nitro benzene ring substituents is 1. The summed E-state index contributed by atoms with van der Waals surface area (Å²) in [5.41, 5.74) is 1.000. The SMILES string of the molecule is Cc1ccsc1CNC(=O)COc1ccc([N+](=O)[O-])cc1Cl. The highest BCUT2D eigenvalue weighted by atomic mass is 35.5. The zero-order valence-corrected chi connectivity index (χ0v) is 13.2. The van der Waals surface area contributed by atoms with Gasteiger partial charge in [-0.05, 0) is 30.0 Å². The Morgan fingerprint density at radius 2 is 2.23 bits per heavy atom. The Kier molecular flexibility index (Phi) is 5.35. The van der Waals surface area contributed by atoms with E-state index in [1.165, 1.54) is 18.2 Å². The van der Waals surface area contributed by atoms with Gasteiger partial charge in [0.25, 0.3) is 11.6 Å². The Hall–Kier alpha value is -2.12. The van der Waals surface area contributed by atoms with E-state index in [1.54, 1.807) is 11.3 Å². The molecule has 0 aliphatic rings. The highest BCUT2D eigenvalue weighted by molar-refractivity contribution is 7.10. The number of benzene rings is 1. The third kappa shape index (κ3) is 4.19. The number of aryl methyl sites for hydroxylation is 1. The maximum absolute atomic E-state index is 11.7. The predicted octanol–water partition coefficient (Wildman–Crippen LogP) is 3.31. The molecule has 0 saturated carbocycles. The van der Waals surface area contributed by atoms with Gasteiger partial charge in [0.1, 0.15) is 5.75 Å². The third-order valence-corrected chi connectivity index (χ3v) is 4.22. The topological polar surface area (TPSA) is 81.5 Å². The average Bonchev–Trinajstić information content (AvgIpc) is 2.89. The van der Waals surface area contributed by atoms with Crippen LogP contribution in [0.5, 0.6) is 5.75 Å². The molecule has 0 fully saturated rings. The van der Waals surface area contributed by atoms with Crippen LogP contribution in [-0.4, -0.2) is 17.4 Å². The normalized spacial score (nSPS) is 10.3. The van der Waals surface area contributed by atoms with Crippen LogP contribution in [0.15, 0.2) is 29.6 Å². The molecule has 22 heavy (non-hydrogen) atoms. The lowest BCUT2D eigenvalue weighted by Gasteiger charge is -2.08. The van der Waals surface area contributed by atoms with Crippen molar-refractivity contribution < 1.29 is 14.5 Å². The van der Waals surface area contributed by atoms with Crippen LogP contribution in [0.2, 0.25) is 5.02 Å². The molecule has 0 atom stereocenters. The van der Waals surface area contributed by atoms with Gasteiger partial charge in [0.05, 0.1) is 16.5 Å². The molecule has 2 rings (SSSR count). The fourth-order valence-corrected chi connectivity index (χ4v) is 2.75. The van der Waals surface area contributed by atoms with Crippen LogP contribution < -0.4 is 10.1 Å². The third-order valence-electron chi connectivity index (χ3n) is 2.90. The number of amides is 1. The molecule has 6 nitrogen and oxygen atoms in total. The highest BCUT2D eigenvalue weighted by Crippen LogP contribution is 2.28. The molecule has 0 bridgehead atoms. The van der Waals surface area contributed by atoms with Crippen molar-refractivity contribution in [2.45, 2.75) is 13.5 Å². The summed E-state index contributed by atoms with van der Waals surface area (Å²) >= 11 is 7.45. The molecule has 1 aromatic carbocycles. The smallest absolute Gasteiger partial charge is 0.271 e. The highest BCUT2D eigenvalue weighted by Gasteiger charge is 2.11. The number of rotatable bonds is 6. The van der Waals surface area contributed by atoms with Crippen LogP contribution in [0.3, 0.4) is 0 Å².